The first-order valence-electron chi connectivity index (χ1n) is 6.78. The zero-order chi connectivity index (χ0) is 14.5. The van der Waals surface area contributed by atoms with Crippen molar-refractivity contribution in [2.75, 3.05) is 13.7 Å². The van der Waals surface area contributed by atoms with Crippen LogP contribution < -0.4 is 10.1 Å². The number of halogens is 1. The second-order valence-electron chi connectivity index (χ2n) is 4.71. The monoisotopic (exact) mass is 309 g/mol. The summed E-state index contributed by atoms with van der Waals surface area (Å²) >= 11 is 7.94. The fraction of sp³-hybridized carbons (Fsp3) is 0.375. The number of ether oxygens (including phenoxy) is 1. The van der Waals surface area contributed by atoms with Gasteiger partial charge in [-0.3, -0.25) is 0 Å². The molecule has 0 aliphatic heterocycles. The molecule has 0 saturated carbocycles. The van der Waals surface area contributed by atoms with Crippen LogP contribution in [0.3, 0.4) is 0 Å². The van der Waals surface area contributed by atoms with E-state index in [4.69, 9.17) is 16.3 Å². The maximum Gasteiger partial charge on any atom is 0.124 e. The summed E-state index contributed by atoms with van der Waals surface area (Å²) in [6.07, 6.45) is 1.09. The van der Waals surface area contributed by atoms with E-state index < -0.39 is 0 Å². The molecule has 0 amide bonds. The van der Waals surface area contributed by atoms with Crippen LogP contribution in [0.15, 0.2) is 29.6 Å². The Morgan fingerprint density at radius 1 is 1.30 bits per heavy atom. The minimum Gasteiger partial charge on any atom is -0.496 e. The molecule has 0 radical (unpaired) electrons. The highest BCUT2D eigenvalue weighted by atomic mass is 35.5. The zero-order valence-electron chi connectivity index (χ0n) is 12.1. The first-order chi connectivity index (χ1) is 9.67. The van der Waals surface area contributed by atoms with Crippen LogP contribution in [0.4, 0.5) is 0 Å². The number of benzene rings is 1. The van der Waals surface area contributed by atoms with Crippen molar-refractivity contribution in [2.45, 2.75) is 26.3 Å². The average molecular weight is 310 g/mol. The molecule has 0 fully saturated rings. The van der Waals surface area contributed by atoms with Gasteiger partial charge in [0.05, 0.1) is 13.2 Å². The molecule has 0 bridgehead atoms. The topological polar surface area (TPSA) is 21.3 Å². The summed E-state index contributed by atoms with van der Waals surface area (Å²) in [5.74, 6) is 0.869. The van der Waals surface area contributed by atoms with Crippen LogP contribution >= 0.6 is 22.9 Å². The van der Waals surface area contributed by atoms with Gasteiger partial charge < -0.3 is 10.1 Å². The van der Waals surface area contributed by atoms with Gasteiger partial charge in [-0.15, -0.1) is 11.3 Å². The lowest BCUT2D eigenvalue weighted by atomic mass is 9.98. The normalized spacial score (nSPS) is 12.4. The molecule has 1 atom stereocenters. The van der Waals surface area contributed by atoms with E-state index in [1.807, 2.05) is 18.2 Å². The van der Waals surface area contributed by atoms with Crippen LogP contribution in [-0.4, -0.2) is 13.7 Å². The first-order valence-corrected chi connectivity index (χ1v) is 8.04. The van der Waals surface area contributed by atoms with Crippen molar-refractivity contribution in [1.82, 2.24) is 5.32 Å². The van der Waals surface area contributed by atoms with Crippen molar-refractivity contribution >= 4 is 22.9 Å². The van der Waals surface area contributed by atoms with Crippen molar-refractivity contribution in [3.63, 3.8) is 0 Å². The van der Waals surface area contributed by atoms with Crippen molar-refractivity contribution in [3.05, 3.63) is 50.7 Å². The van der Waals surface area contributed by atoms with Gasteiger partial charge in [-0.25, -0.2) is 0 Å². The standard InChI is InChI=1S/C16H20ClNOS/c1-4-8-18-16(13-7-9-20-11(13)2)14-10-12(17)5-6-15(14)19-3/h5-7,9-10,16,18H,4,8H2,1-3H3. The molecule has 108 valence electrons. The lowest BCUT2D eigenvalue weighted by Gasteiger charge is -2.22. The first kappa shape index (κ1) is 15.4. The van der Waals surface area contributed by atoms with E-state index in [1.165, 1.54) is 10.4 Å². The summed E-state index contributed by atoms with van der Waals surface area (Å²) in [6.45, 7) is 5.27. The lowest BCUT2D eigenvalue weighted by Crippen LogP contribution is -2.23. The fourth-order valence-electron chi connectivity index (χ4n) is 2.30. The second kappa shape index (κ2) is 7.11. The molecule has 0 saturated heterocycles. The van der Waals surface area contributed by atoms with Gasteiger partial charge in [-0.1, -0.05) is 18.5 Å². The number of hydrogen-bond acceptors (Lipinski definition) is 3. The minimum absolute atomic E-state index is 0.120. The number of thiophene rings is 1. The summed E-state index contributed by atoms with van der Waals surface area (Å²) in [7, 11) is 1.70. The van der Waals surface area contributed by atoms with Gasteiger partial charge >= 0.3 is 0 Å². The highest BCUT2D eigenvalue weighted by Crippen LogP contribution is 2.35. The Labute approximate surface area is 129 Å². The Bertz CT molecular complexity index is 567. The van der Waals surface area contributed by atoms with Gasteiger partial charge in [-0.05, 0) is 55.1 Å². The average Bonchev–Trinajstić information content (AvgIpc) is 2.86. The van der Waals surface area contributed by atoms with Crippen molar-refractivity contribution in [3.8, 4) is 5.75 Å². The molecule has 2 aromatic rings. The van der Waals surface area contributed by atoms with E-state index in [0.29, 0.717) is 0 Å². The Kier molecular flexibility index (Phi) is 5.46. The van der Waals surface area contributed by atoms with E-state index in [-0.39, 0.29) is 6.04 Å². The molecule has 2 nitrogen and oxygen atoms in total. The van der Waals surface area contributed by atoms with E-state index in [2.05, 4.69) is 30.6 Å². The maximum atomic E-state index is 6.17. The van der Waals surface area contributed by atoms with Crippen LogP contribution in [0.1, 0.15) is 35.4 Å². The lowest BCUT2D eigenvalue weighted by molar-refractivity contribution is 0.404. The molecule has 0 spiro atoms. The number of methoxy groups -OCH3 is 1. The molecule has 0 aliphatic rings. The molecule has 0 aliphatic carbocycles. The summed E-state index contributed by atoms with van der Waals surface area (Å²) in [5, 5.41) is 6.46. The third-order valence-electron chi connectivity index (χ3n) is 3.31. The molecule has 1 aromatic heterocycles. The van der Waals surface area contributed by atoms with E-state index in [0.717, 1.165) is 29.3 Å². The SMILES string of the molecule is CCCNC(c1cc(Cl)ccc1OC)c1ccsc1C. The van der Waals surface area contributed by atoms with Gasteiger partial charge in [0.25, 0.3) is 0 Å². The summed E-state index contributed by atoms with van der Waals surface area (Å²) in [4.78, 5) is 1.32. The van der Waals surface area contributed by atoms with Gasteiger partial charge in [-0.2, -0.15) is 0 Å². The van der Waals surface area contributed by atoms with Crippen LogP contribution in [0, 0.1) is 6.92 Å². The molecule has 1 aromatic carbocycles. The van der Waals surface area contributed by atoms with E-state index in [1.54, 1.807) is 18.4 Å². The summed E-state index contributed by atoms with van der Waals surface area (Å²) < 4.78 is 5.50. The molecule has 1 heterocycles. The van der Waals surface area contributed by atoms with Gasteiger partial charge in [0.1, 0.15) is 5.75 Å². The van der Waals surface area contributed by atoms with Gasteiger partial charge in [0.15, 0.2) is 0 Å². The maximum absolute atomic E-state index is 6.17. The third kappa shape index (κ3) is 3.35. The van der Waals surface area contributed by atoms with E-state index in [9.17, 15) is 0 Å². The molecule has 1 N–H and O–H groups in total. The predicted molar refractivity (Wildman–Crippen MR) is 87.2 cm³/mol. The summed E-state index contributed by atoms with van der Waals surface area (Å²) in [5.41, 5.74) is 2.39. The molecule has 2 rings (SSSR count). The van der Waals surface area contributed by atoms with Gasteiger partial charge in [0, 0.05) is 15.5 Å². The number of nitrogens with one attached hydrogen (secondary N) is 1. The molecular weight excluding hydrogens is 290 g/mol. The highest BCUT2D eigenvalue weighted by Gasteiger charge is 2.20. The summed E-state index contributed by atoms with van der Waals surface area (Å²) in [6, 6.07) is 8.08. The molecule has 1 unspecified atom stereocenters. The molecule has 20 heavy (non-hydrogen) atoms. The van der Waals surface area contributed by atoms with Crippen molar-refractivity contribution in [2.24, 2.45) is 0 Å². The predicted octanol–water partition coefficient (Wildman–Crippen LogP) is 4.81. The van der Waals surface area contributed by atoms with Crippen LogP contribution in [0.25, 0.3) is 0 Å². The van der Waals surface area contributed by atoms with Crippen molar-refractivity contribution in [1.29, 1.82) is 0 Å². The number of aryl methyl sites for hydroxylation is 1. The zero-order valence-corrected chi connectivity index (χ0v) is 13.6. The van der Waals surface area contributed by atoms with Crippen LogP contribution in [-0.2, 0) is 0 Å². The number of rotatable bonds is 6. The largest absolute Gasteiger partial charge is 0.496 e. The fourth-order valence-corrected chi connectivity index (χ4v) is 3.22. The highest BCUT2D eigenvalue weighted by molar-refractivity contribution is 7.10. The van der Waals surface area contributed by atoms with Crippen molar-refractivity contribution < 1.29 is 4.74 Å². The Morgan fingerprint density at radius 3 is 2.70 bits per heavy atom. The molecule has 4 heteroatoms. The minimum atomic E-state index is 0.120. The Hall–Kier alpha value is -1.03. The van der Waals surface area contributed by atoms with Crippen LogP contribution in [0.2, 0.25) is 5.02 Å². The molecular formula is C16H20ClNOS. The van der Waals surface area contributed by atoms with Crippen LogP contribution in [0.5, 0.6) is 5.75 Å². The Balaban J connectivity index is 2.46. The smallest absolute Gasteiger partial charge is 0.124 e. The quantitative estimate of drug-likeness (QED) is 0.827. The number of hydrogen-bond donors (Lipinski definition) is 1. The Morgan fingerprint density at radius 2 is 2.10 bits per heavy atom. The third-order valence-corrected chi connectivity index (χ3v) is 4.41. The van der Waals surface area contributed by atoms with Gasteiger partial charge in [0.2, 0.25) is 0 Å². The van der Waals surface area contributed by atoms with E-state index >= 15 is 0 Å². The second-order valence-corrected chi connectivity index (χ2v) is 6.26.